The molecule has 0 spiro atoms. The van der Waals surface area contributed by atoms with Gasteiger partial charge < -0.3 is 24.8 Å². The summed E-state index contributed by atoms with van der Waals surface area (Å²) in [5.74, 6) is 0. The molecule has 3 N–H and O–H groups in total. The van der Waals surface area contributed by atoms with E-state index in [0.717, 1.165) is 6.61 Å². The Hall–Kier alpha value is -0.200. The van der Waals surface area contributed by atoms with Gasteiger partial charge in [-0.15, -0.1) is 0 Å². The maximum absolute atomic E-state index is 9.41. The Balaban J connectivity index is 2.56. The third kappa shape index (κ3) is 1.75. The van der Waals surface area contributed by atoms with Crippen LogP contribution in [0.4, 0.5) is 0 Å². The van der Waals surface area contributed by atoms with Gasteiger partial charge in [-0.05, 0) is 0 Å². The van der Waals surface area contributed by atoms with E-state index in [2.05, 4.69) is 0 Å². The number of aliphatic hydroxyl groups excluding tert-OH is 3. The van der Waals surface area contributed by atoms with Crippen LogP contribution in [0.1, 0.15) is 0 Å². The number of hydrogen-bond donors (Lipinski definition) is 3. The average Bonchev–Trinajstić information content (AvgIpc) is 2.06. The van der Waals surface area contributed by atoms with E-state index in [9.17, 15) is 10.2 Å². The Kier molecular flexibility index (Phi) is 3.42. The summed E-state index contributed by atoms with van der Waals surface area (Å²) >= 11 is 0. The van der Waals surface area contributed by atoms with Crippen molar-refractivity contribution in [2.24, 2.45) is 0 Å². The molecule has 1 radical (unpaired) electrons. The lowest BCUT2D eigenvalue weighted by Crippen LogP contribution is -2.52. The van der Waals surface area contributed by atoms with Gasteiger partial charge in [0, 0.05) is 7.11 Å². The van der Waals surface area contributed by atoms with Gasteiger partial charge in [-0.2, -0.15) is 0 Å². The maximum atomic E-state index is 9.41. The summed E-state index contributed by atoms with van der Waals surface area (Å²) in [4.78, 5) is 0. The highest BCUT2D eigenvalue weighted by atomic mass is 16.6. The summed E-state index contributed by atoms with van der Waals surface area (Å²) in [6.45, 7) is 0.853. The largest absolute Gasteiger partial charge is 0.394 e. The molecule has 5 nitrogen and oxygen atoms in total. The van der Waals surface area contributed by atoms with Crippen LogP contribution in [0.5, 0.6) is 0 Å². The fraction of sp³-hybridized carbons (Fsp3) is 0.857. The van der Waals surface area contributed by atoms with Crippen LogP contribution in [-0.4, -0.2) is 53.5 Å². The van der Waals surface area contributed by atoms with Gasteiger partial charge in [-0.3, -0.25) is 0 Å². The third-order valence-corrected chi connectivity index (χ3v) is 1.90. The zero-order chi connectivity index (χ0) is 9.14. The van der Waals surface area contributed by atoms with Gasteiger partial charge in [0.1, 0.15) is 31.0 Å². The zero-order valence-corrected chi connectivity index (χ0v) is 6.75. The fourth-order valence-corrected chi connectivity index (χ4v) is 1.18. The fourth-order valence-electron chi connectivity index (χ4n) is 1.18. The van der Waals surface area contributed by atoms with Gasteiger partial charge in [0.15, 0.2) is 0 Å². The molecule has 4 atom stereocenters. The summed E-state index contributed by atoms with van der Waals surface area (Å²) in [6, 6.07) is 0. The molecule has 1 aliphatic rings. The highest BCUT2D eigenvalue weighted by Gasteiger charge is 2.38. The molecule has 12 heavy (non-hydrogen) atoms. The highest BCUT2D eigenvalue weighted by Crippen LogP contribution is 2.19. The summed E-state index contributed by atoms with van der Waals surface area (Å²) in [7, 11) is 1.38. The van der Waals surface area contributed by atoms with Crippen LogP contribution in [-0.2, 0) is 9.47 Å². The van der Waals surface area contributed by atoms with Crippen molar-refractivity contribution in [3.63, 3.8) is 0 Å². The van der Waals surface area contributed by atoms with E-state index < -0.39 is 24.4 Å². The summed E-state index contributed by atoms with van der Waals surface area (Å²) in [5.41, 5.74) is 0. The van der Waals surface area contributed by atoms with Crippen LogP contribution in [0.25, 0.3) is 0 Å². The smallest absolute Gasteiger partial charge is 0.115 e. The molecule has 1 fully saturated rings. The van der Waals surface area contributed by atoms with Gasteiger partial charge >= 0.3 is 0 Å². The summed E-state index contributed by atoms with van der Waals surface area (Å²) < 4.78 is 9.65. The molecule has 1 saturated heterocycles. The van der Waals surface area contributed by atoms with Gasteiger partial charge in [0.2, 0.25) is 0 Å². The first-order chi connectivity index (χ1) is 5.70. The molecule has 1 rings (SSSR count). The Bertz CT molecular complexity index is 140. The first-order valence-electron chi connectivity index (χ1n) is 3.69. The number of hydrogen-bond acceptors (Lipinski definition) is 5. The van der Waals surface area contributed by atoms with Gasteiger partial charge in [-0.1, -0.05) is 0 Å². The first-order valence-corrected chi connectivity index (χ1v) is 3.69. The van der Waals surface area contributed by atoms with E-state index >= 15 is 0 Å². The number of rotatable bonds is 2. The SMILES string of the molecule is CO[C@H]1[C@H](O)[C@@H](CO)O[CH][C@H]1O. The Morgan fingerprint density at radius 2 is 2.17 bits per heavy atom. The van der Waals surface area contributed by atoms with Crippen molar-refractivity contribution in [2.75, 3.05) is 13.7 Å². The monoisotopic (exact) mass is 177 g/mol. The second-order valence-electron chi connectivity index (χ2n) is 2.67. The standard InChI is InChI=1S/C7H13O5/c1-11-7-4(9)3-12-5(2-8)6(7)10/h3-10H,2H2,1H3/t4-,5-,6-,7-/m1/s1. The average molecular weight is 177 g/mol. The minimum Gasteiger partial charge on any atom is -0.394 e. The maximum Gasteiger partial charge on any atom is 0.115 e. The molecule has 1 aliphatic heterocycles. The normalized spacial score (nSPS) is 43.0. The van der Waals surface area contributed by atoms with E-state index in [1.807, 2.05) is 0 Å². The van der Waals surface area contributed by atoms with Crippen LogP contribution in [0.3, 0.4) is 0 Å². The first kappa shape index (κ1) is 9.88. The van der Waals surface area contributed by atoms with Crippen LogP contribution in [0, 0.1) is 6.61 Å². The molecule has 0 amide bonds. The van der Waals surface area contributed by atoms with Crippen molar-refractivity contribution in [1.82, 2.24) is 0 Å². The van der Waals surface area contributed by atoms with Gasteiger partial charge in [-0.25, -0.2) is 0 Å². The molecule has 0 aromatic heterocycles. The molecule has 0 aliphatic carbocycles. The minimum atomic E-state index is -1.00. The van der Waals surface area contributed by atoms with E-state index in [0.29, 0.717) is 0 Å². The minimum absolute atomic E-state index is 0.301. The van der Waals surface area contributed by atoms with Crippen molar-refractivity contribution >= 4 is 0 Å². The van der Waals surface area contributed by atoms with Gasteiger partial charge in [0.05, 0.1) is 6.61 Å². The van der Waals surface area contributed by atoms with Crippen LogP contribution >= 0.6 is 0 Å². The van der Waals surface area contributed by atoms with Crippen molar-refractivity contribution in [2.45, 2.75) is 24.4 Å². The Labute approximate surface area is 70.5 Å². The predicted molar refractivity (Wildman–Crippen MR) is 39.1 cm³/mol. The molecular formula is C7H13O5. The lowest BCUT2D eigenvalue weighted by atomic mass is 10.0. The number of aliphatic hydroxyl groups is 3. The van der Waals surface area contributed by atoms with Crippen molar-refractivity contribution < 1.29 is 24.8 Å². The topological polar surface area (TPSA) is 79.2 Å². The quantitative estimate of drug-likeness (QED) is 0.467. The van der Waals surface area contributed by atoms with Crippen LogP contribution in [0.2, 0.25) is 0 Å². The van der Waals surface area contributed by atoms with Crippen LogP contribution in [0.15, 0.2) is 0 Å². The lowest BCUT2D eigenvalue weighted by Gasteiger charge is -2.35. The molecule has 1 heterocycles. The third-order valence-electron chi connectivity index (χ3n) is 1.90. The molecule has 71 valence electrons. The molecule has 0 saturated carbocycles. The molecule has 0 unspecified atom stereocenters. The van der Waals surface area contributed by atoms with E-state index in [1.54, 1.807) is 0 Å². The van der Waals surface area contributed by atoms with Crippen molar-refractivity contribution in [3.05, 3.63) is 6.61 Å². The van der Waals surface area contributed by atoms with Crippen molar-refractivity contribution in [1.29, 1.82) is 0 Å². The molecular weight excluding hydrogens is 164 g/mol. The second-order valence-corrected chi connectivity index (χ2v) is 2.67. The Morgan fingerprint density at radius 1 is 1.50 bits per heavy atom. The number of methoxy groups -OCH3 is 1. The highest BCUT2D eigenvalue weighted by molar-refractivity contribution is 4.92. The lowest BCUT2D eigenvalue weighted by molar-refractivity contribution is -0.179. The predicted octanol–water partition coefficient (Wildman–Crippen LogP) is -1.72. The second kappa shape index (κ2) is 4.15. The van der Waals surface area contributed by atoms with E-state index in [4.69, 9.17) is 14.6 Å². The molecule has 0 aromatic carbocycles. The Morgan fingerprint density at radius 3 is 2.67 bits per heavy atom. The van der Waals surface area contributed by atoms with Crippen LogP contribution < -0.4 is 0 Å². The summed E-state index contributed by atoms with van der Waals surface area (Å²) in [5, 5.41) is 27.3. The zero-order valence-electron chi connectivity index (χ0n) is 6.75. The van der Waals surface area contributed by atoms with E-state index in [1.165, 1.54) is 7.11 Å². The van der Waals surface area contributed by atoms with Gasteiger partial charge in [0.25, 0.3) is 0 Å². The molecule has 0 aromatic rings. The summed E-state index contributed by atoms with van der Waals surface area (Å²) in [6.07, 6.45) is -3.39. The number of ether oxygens (including phenoxy) is 2. The molecule has 5 heteroatoms. The molecule has 0 bridgehead atoms. The van der Waals surface area contributed by atoms with E-state index in [-0.39, 0.29) is 6.61 Å². The van der Waals surface area contributed by atoms with Crippen molar-refractivity contribution in [3.8, 4) is 0 Å².